The van der Waals surface area contributed by atoms with Crippen molar-refractivity contribution >= 4 is 35.8 Å². The molecule has 0 saturated carbocycles. The summed E-state index contributed by atoms with van der Waals surface area (Å²) in [6.07, 6.45) is -2.05. The Kier molecular flexibility index (Phi) is 14.1. The summed E-state index contributed by atoms with van der Waals surface area (Å²) in [5.41, 5.74) is -0.135. The third-order valence-corrected chi connectivity index (χ3v) is 5.11. The van der Waals surface area contributed by atoms with Crippen LogP contribution >= 0.6 is 0 Å². The van der Waals surface area contributed by atoms with E-state index in [0.717, 1.165) is 12.7 Å². The van der Waals surface area contributed by atoms with Crippen LogP contribution in [0.2, 0.25) is 0 Å². The van der Waals surface area contributed by atoms with Gasteiger partial charge >= 0.3 is 18.0 Å². The number of rotatable bonds is 14. The number of hydrogen-bond donors (Lipinski definition) is 5. The van der Waals surface area contributed by atoms with Crippen molar-refractivity contribution < 1.29 is 48.1 Å². The molecule has 0 spiro atoms. The van der Waals surface area contributed by atoms with Gasteiger partial charge in [0.15, 0.2) is 0 Å². The van der Waals surface area contributed by atoms with Crippen LogP contribution in [0, 0.1) is 0 Å². The van der Waals surface area contributed by atoms with Crippen LogP contribution in [0.3, 0.4) is 0 Å². The van der Waals surface area contributed by atoms with Gasteiger partial charge in [-0.15, -0.1) is 0 Å². The van der Waals surface area contributed by atoms with E-state index < -0.39 is 79.2 Å². The van der Waals surface area contributed by atoms with Gasteiger partial charge in [-0.3, -0.25) is 19.2 Å². The normalized spacial score (nSPS) is 13.1. The van der Waals surface area contributed by atoms with Crippen LogP contribution in [-0.4, -0.2) is 85.4 Å². The minimum atomic E-state index is -1.40. The van der Waals surface area contributed by atoms with E-state index >= 15 is 0 Å². The number of ether oxygens (including phenoxy) is 3. The van der Waals surface area contributed by atoms with Crippen molar-refractivity contribution in [3.63, 3.8) is 0 Å². The largest absolute Gasteiger partial charge is 0.468 e. The summed E-state index contributed by atoms with van der Waals surface area (Å²) in [5.74, 6) is -3.74. The molecule has 5 N–H and O–H groups in total. The molecule has 0 aliphatic carbocycles. The molecule has 40 heavy (non-hydrogen) atoms. The van der Waals surface area contributed by atoms with E-state index in [1.54, 1.807) is 52.0 Å². The Morgan fingerprint density at radius 2 is 1.55 bits per heavy atom. The van der Waals surface area contributed by atoms with E-state index in [-0.39, 0.29) is 12.8 Å². The van der Waals surface area contributed by atoms with Crippen molar-refractivity contribution in [2.24, 2.45) is 0 Å². The van der Waals surface area contributed by atoms with Crippen molar-refractivity contribution in [3.05, 3.63) is 35.9 Å². The van der Waals surface area contributed by atoms with Crippen LogP contribution in [0.5, 0.6) is 0 Å². The Morgan fingerprint density at radius 3 is 2.12 bits per heavy atom. The molecular formula is C26H38N4O10. The number of hydrogen-bond acceptors (Lipinski definition) is 10. The molecule has 0 unspecified atom stereocenters. The fourth-order valence-corrected chi connectivity index (χ4v) is 3.08. The van der Waals surface area contributed by atoms with Crippen LogP contribution in [0.4, 0.5) is 4.79 Å². The van der Waals surface area contributed by atoms with E-state index in [1.807, 2.05) is 6.07 Å². The molecule has 14 heteroatoms. The number of carbonyl (C=O) groups is 6. The fourth-order valence-electron chi connectivity index (χ4n) is 3.08. The minimum Gasteiger partial charge on any atom is -0.468 e. The summed E-state index contributed by atoms with van der Waals surface area (Å²) in [6, 6.07) is 6.29. The highest BCUT2D eigenvalue weighted by Crippen LogP contribution is 2.17. The summed E-state index contributed by atoms with van der Waals surface area (Å²) in [4.78, 5) is 72.7. The second kappa shape index (κ2) is 16.7. The smallest absolute Gasteiger partial charge is 0.408 e. The van der Waals surface area contributed by atoms with Crippen LogP contribution in [0.25, 0.3) is 0 Å². The van der Waals surface area contributed by atoms with Gasteiger partial charge in [0, 0.05) is 6.42 Å². The SMILES string of the molecule is COC(=O)CNC(=O)CNC(=O)[C@H](CO)NC(=O)CC[C@H](NC(=O)O[C@@H](C)c1ccccc1)C(=O)OC(C)(C)C. The molecule has 1 aromatic rings. The highest BCUT2D eigenvalue weighted by molar-refractivity contribution is 5.91. The summed E-state index contributed by atoms with van der Waals surface area (Å²) in [5, 5.41) is 18.7. The van der Waals surface area contributed by atoms with Gasteiger partial charge in [-0.05, 0) is 39.7 Å². The predicted octanol–water partition coefficient (Wildman–Crippen LogP) is -0.153. The highest BCUT2D eigenvalue weighted by atomic mass is 16.6. The Hall–Kier alpha value is -4.20. The number of esters is 2. The maximum absolute atomic E-state index is 12.7. The standard InChI is InChI=1S/C26H38N4O10/c1-16(17-9-7-6-8-10-17)39-25(37)30-18(24(36)40-26(2,3)4)11-12-20(32)29-19(15-31)23(35)28-13-21(33)27-14-22(34)38-5/h6-10,16,18-19,31H,11-15H2,1-5H3,(H,27,33)(H,28,35)(H,29,32)(H,30,37)/t16-,18-,19-/m0/s1. The number of methoxy groups -OCH3 is 1. The molecule has 0 aliphatic heterocycles. The second-order valence-electron chi connectivity index (χ2n) is 9.60. The van der Waals surface area contributed by atoms with Crippen LogP contribution < -0.4 is 21.3 Å². The predicted molar refractivity (Wildman–Crippen MR) is 140 cm³/mol. The highest BCUT2D eigenvalue weighted by Gasteiger charge is 2.29. The Morgan fingerprint density at radius 1 is 0.900 bits per heavy atom. The third-order valence-electron chi connectivity index (χ3n) is 5.11. The van der Waals surface area contributed by atoms with Gasteiger partial charge in [-0.25, -0.2) is 9.59 Å². The van der Waals surface area contributed by atoms with Gasteiger partial charge in [0.1, 0.15) is 30.3 Å². The molecule has 0 saturated heterocycles. The lowest BCUT2D eigenvalue weighted by molar-refractivity contribution is -0.157. The van der Waals surface area contributed by atoms with E-state index in [2.05, 4.69) is 26.0 Å². The number of benzene rings is 1. The van der Waals surface area contributed by atoms with E-state index in [1.165, 1.54) is 0 Å². The first-order chi connectivity index (χ1) is 18.7. The summed E-state index contributed by atoms with van der Waals surface area (Å²) in [7, 11) is 1.15. The number of aliphatic hydroxyl groups excluding tert-OH is 1. The van der Waals surface area contributed by atoms with Gasteiger partial charge in [-0.2, -0.15) is 0 Å². The number of alkyl carbamates (subject to hydrolysis) is 1. The van der Waals surface area contributed by atoms with E-state index in [4.69, 9.17) is 9.47 Å². The first kappa shape index (κ1) is 33.8. The zero-order chi connectivity index (χ0) is 30.3. The zero-order valence-electron chi connectivity index (χ0n) is 23.3. The summed E-state index contributed by atoms with van der Waals surface area (Å²) in [6.45, 7) is 4.90. The molecule has 0 radical (unpaired) electrons. The summed E-state index contributed by atoms with van der Waals surface area (Å²) < 4.78 is 15.1. The molecule has 0 heterocycles. The molecule has 3 atom stereocenters. The molecule has 0 bridgehead atoms. The molecule has 0 aromatic heterocycles. The van der Waals surface area contributed by atoms with Crippen LogP contribution in [0.1, 0.15) is 52.2 Å². The van der Waals surface area contributed by atoms with Crippen LogP contribution in [0.15, 0.2) is 30.3 Å². The quantitative estimate of drug-likeness (QED) is 0.149. The van der Waals surface area contributed by atoms with Crippen LogP contribution in [-0.2, 0) is 38.2 Å². The number of amides is 4. The molecule has 222 valence electrons. The average molecular weight is 567 g/mol. The van der Waals surface area contributed by atoms with Crippen molar-refractivity contribution in [3.8, 4) is 0 Å². The van der Waals surface area contributed by atoms with Crippen molar-refractivity contribution in [2.45, 2.75) is 64.3 Å². The summed E-state index contributed by atoms with van der Waals surface area (Å²) >= 11 is 0. The van der Waals surface area contributed by atoms with Gasteiger partial charge < -0.3 is 40.6 Å². The fraction of sp³-hybridized carbons (Fsp3) is 0.538. The van der Waals surface area contributed by atoms with Gasteiger partial charge in [0.05, 0.1) is 20.3 Å². The third kappa shape index (κ3) is 13.6. The molecular weight excluding hydrogens is 528 g/mol. The molecule has 0 fully saturated rings. The molecule has 14 nitrogen and oxygen atoms in total. The minimum absolute atomic E-state index is 0.203. The second-order valence-corrected chi connectivity index (χ2v) is 9.60. The van der Waals surface area contributed by atoms with E-state index in [9.17, 15) is 33.9 Å². The Bertz CT molecular complexity index is 1030. The Labute approximate surface area is 232 Å². The van der Waals surface area contributed by atoms with Crippen molar-refractivity contribution in [1.82, 2.24) is 21.3 Å². The lowest BCUT2D eigenvalue weighted by Gasteiger charge is -2.25. The van der Waals surface area contributed by atoms with E-state index in [0.29, 0.717) is 0 Å². The Balaban J connectivity index is 2.70. The number of nitrogens with one attached hydrogen (secondary N) is 4. The lowest BCUT2D eigenvalue weighted by atomic mass is 10.1. The van der Waals surface area contributed by atoms with Gasteiger partial charge in [0.2, 0.25) is 17.7 Å². The topological polar surface area (TPSA) is 198 Å². The average Bonchev–Trinajstić information content (AvgIpc) is 2.90. The first-order valence-electron chi connectivity index (χ1n) is 12.5. The number of carbonyl (C=O) groups excluding carboxylic acids is 6. The molecule has 0 aliphatic rings. The molecule has 1 rings (SSSR count). The first-order valence-corrected chi connectivity index (χ1v) is 12.5. The molecule has 1 aromatic carbocycles. The van der Waals surface area contributed by atoms with Crippen molar-refractivity contribution in [1.29, 1.82) is 0 Å². The van der Waals surface area contributed by atoms with Crippen molar-refractivity contribution in [2.75, 3.05) is 26.8 Å². The maximum Gasteiger partial charge on any atom is 0.408 e. The monoisotopic (exact) mass is 566 g/mol. The van der Waals surface area contributed by atoms with Gasteiger partial charge in [0.25, 0.3) is 0 Å². The van der Waals surface area contributed by atoms with Gasteiger partial charge in [-0.1, -0.05) is 30.3 Å². The lowest BCUT2D eigenvalue weighted by Crippen LogP contribution is -2.51. The number of aliphatic hydroxyl groups is 1. The maximum atomic E-state index is 12.7. The zero-order valence-corrected chi connectivity index (χ0v) is 23.3. The molecule has 4 amide bonds.